The number of nitrogens with zero attached hydrogens (tertiary/aromatic N) is 1. The first-order valence-electron chi connectivity index (χ1n) is 7.51. The summed E-state index contributed by atoms with van der Waals surface area (Å²) >= 11 is 0. The Morgan fingerprint density at radius 1 is 1.36 bits per heavy atom. The second-order valence-electron chi connectivity index (χ2n) is 5.68. The quantitative estimate of drug-likeness (QED) is 0.895. The lowest BCUT2D eigenvalue weighted by Crippen LogP contribution is -2.38. The molecule has 0 aromatic heterocycles. The number of fused-ring (bicyclic) bond motifs is 1. The maximum absolute atomic E-state index is 12.1. The predicted molar refractivity (Wildman–Crippen MR) is 86.3 cm³/mol. The summed E-state index contributed by atoms with van der Waals surface area (Å²) in [6.45, 7) is 4.54. The fourth-order valence-corrected chi connectivity index (χ4v) is 2.54. The zero-order chi connectivity index (χ0) is 16.1. The number of rotatable bonds is 4. The number of ether oxygens (including phenoxy) is 1. The minimum atomic E-state index is -0.250. The lowest BCUT2D eigenvalue weighted by Gasteiger charge is -2.30. The smallest absolute Gasteiger partial charge is 0.319 e. The molecule has 2 rings (SSSR count). The van der Waals surface area contributed by atoms with E-state index in [0.29, 0.717) is 12.2 Å². The Balaban J connectivity index is 2.18. The SMILES string of the molecule is COCC(=O)N1CCCc2ccc(NC(=O)NC(C)C)cc21. The van der Waals surface area contributed by atoms with Crippen LogP contribution in [0.15, 0.2) is 18.2 Å². The van der Waals surface area contributed by atoms with Gasteiger partial charge >= 0.3 is 6.03 Å². The van der Waals surface area contributed by atoms with Crippen LogP contribution in [-0.2, 0) is 16.0 Å². The number of nitrogens with one attached hydrogen (secondary N) is 2. The fourth-order valence-electron chi connectivity index (χ4n) is 2.54. The largest absolute Gasteiger partial charge is 0.375 e. The third-order valence-corrected chi connectivity index (χ3v) is 3.45. The Morgan fingerprint density at radius 3 is 2.82 bits per heavy atom. The molecular formula is C16H23N3O3. The van der Waals surface area contributed by atoms with Gasteiger partial charge in [0.1, 0.15) is 6.61 Å². The van der Waals surface area contributed by atoms with Crippen molar-refractivity contribution in [3.63, 3.8) is 0 Å². The summed E-state index contributed by atoms with van der Waals surface area (Å²) in [6.07, 6.45) is 1.87. The first kappa shape index (κ1) is 16.3. The molecule has 1 aliphatic rings. The maximum atomic E-state index is 12.1. The van der Waals surface area contributed by atoms with Gasteiger partial charge in [-0.25, -0.2) is 4.79 Å². The van der Waals surface area contributed by atoms with Crippen LogP contribution in [0.5, 0.6) is 0 Å². The molecule has 1 heterocycles. The van der Waals surface area contributed by atoms with Gasteiger partial charge in [-0.2, -0.15) is 0 Å². The number of carbonyl (C=O) groups excluding carboxylic acids is 2. The summed E-state index contributed by atoms with van der Waals surface area (Å²) in [4.78, 5) is 25.7. The Hall–Kier alpha value is -2.08. The van der Waals surface area contributed by atoms with Gasteiger partial charge in [0, 0.05) is 31.1 Å². The Morgan fingerprint density at radius 2 is 2.14 bits per heavy atom. The lowest BCUT2D eigenvalue weighted by molar-refractivity contribution is -0.122. The summed E-state index contributed by atoms with van der Waals surface area (Å²) in [5.74, 6) is -0.0627. The number of urea groups is 1. The van der Waals surface area contributed by atoms with Crippen molar-refractivity contribution in [2.75, 3.05) is 30.5 Å². The Kier molecular flexibility index (Phi) is 5.38. The molecule has 6 nitrogen and oxygen atoms in total. The van der Waals surface area contributed by atoms with Gasteiger partial charge in [-0.05, 0) is 44.4 Å². The number of aryl methyl sites for hydroxylation is 1. The summed E-state index contributed by atoms with van der Waals surface area (Å²) in [5, 5.41) is 5.57. The number of hydrogen-bond acceptors (Lipinski definition) is 3. The average molecular weight is 305 g/mol. The molecular weight excluding hydrogens is 282 g/mol. The van der Waals surface area contributed by atoms with Crippen molar-refractivity contribution < 1.29 is 14.3 Å². The van der Waals surface area contributed by atoms with Crippen LogP contribution < -0.4 is 15.5 Å². The summed E-state index contributed by atoms with van der Waals surface area (Å²) in [5.41, 5.74) is 2.65. The van der Waals surface area contributed by atoms with E-state index in [0.717, 1.165) is 24.1 Å². The van der Waals surface area contributed by atoms with Crippen LogP contribution in [-0.4, -0.2) is 38.2 Å². The van der Waals surface area contributed by atoms with Gasteiger partial charge in [0.05, 0.1) is 0 Å². The molecule has 0 saturated heterocycles. The standard InChI is InChI=1S/C16H23N3O3/c1-11(2)17-16(21)18-13-7-6-12-5-4-8-19(14(12)9-13)15(20)10-22-3/h6-7,9,11H,4-5,8,10H2,1-3H3,(H2,17,18,21). The highest BCUT2D eigenvalue weighted by Crippen LogP contribution is 2.30. The van der Waals surface area contributed by atoms with E-state index in [1.54, 1.807) is 4.90 Å². The molecule has 6 heteroatoms. The van der Waals surface area contributed by atoms with Crippen LogP contribution in [0.2, 0.25) is 0 Å². The van der Waals surface area contributed by atoms with Crippen LogP contribution >= 0.6 is 0 Å². The monoisotopic (exact) mass is 305 g/mol. The first-order chi connectivity index (χ1) is 10.5. The average Bonchev–Trinajstić information content (AvgIpc) is 2.45. The van der Waals surface area contributed by atoms with E-state index in [2.05, 4.69) is 10.6 Å². The molecule has 0 saturated carbocycles. The minimum Gasteiger partial charge on any atom is -0.375 e. The van der Waals surface area contributed by atoms with Crippen LogP contribution in [0.25, 0.3) is 0 Å². The van der Waals surface area contributed by atoms with Crippen molar-refractivity contribution in [3.05, 3.63) is 23.8 Å². The van der Waals surface area contributed by atoms with Gasteiger partial charge in [0.15, 0.2) is 0 Å². The van der Waals surface area contributed by atoms with Crippen LogP contribution in [0.1, 0.15) is 25.8 Å². The zero-order valence-electron chi connectivity index (χ0n) is 13.3. The molecule has 0 unspecified atom stereocenters. The molecule has 0 radical (unpaired) electrons. The second-order valence-corrected chi connectivity index (χ2v) is 5.68. The molecule has 2 N–H and O–H groups in total. The number of hydrogen-bond donors (Lipinski definition) is 2. The van der Waals surface area contributed by atoms with Gasteiger partial charge in [-0.3, -0.25) is 4.79 Å². The minimum absolute atomic E-state index is 0.0604. The van der Waals surface area contributed by atoms with E-state index in [1.807, 2.05) is 32.0 Å². The summed E-state index contributed by atoms with van der Waals surface area (Å²) in [6, 6.07) is 5.50. The van der Waals surface area contributed by atoms with Crippen LogP contribution in [0.4, 0.5) is 16.2 Å². The van der Waals surface area contributed by atoms with Gasteiger partial charge in [-0.15, -0.1) is 0 Å². The molecule has 22 heavy (non-hydrogen) atoms. The summed E-state index contributed by atoms with van der Waals surface area (Å²) in [7, 11) is 1.51. The maximum Gasteiger partial charge on any atom is 0.319 e. The summed E-state index contributed by atoms with van der Waals surface area (Å²) < 4.78 is 4.94. The normalized spacial score (nSPS) is 13.7. The molecule has 1 aliphatic heterocycles. The second kappa shape index (κ2) is 7.26. The van der Waals surface area contributed by atoms with E-state index in [-0.39, 0.29) is 24.6 Å². The fraction of sp³-hybridized carbons (Fsp3) is 0.500. The molecule has 0 fully saturated rings. The first-order valence-corrected chi connectivity index (χ1v) is 7.51. The van der Waals surface area contributed by atoms with Gasteiger partial charge < -0.3 is 20.3 Å². The van der Waals surface area contributed by atoms with Gasteiger partial charge in [0.2, 0.25) is 0 Å². The molecule has 1 aromatic rings. The highest BCUT2D eigenvalue weighted by molar-refractivity contribution is 5.97. The van der Waals surface area contributed by atoms with Crippen LogP contribution in [0, 0.1) is 0 Å². The lowest BCUT2D eigenvalue weighted by atomic mass is 10.0. The van der Waals surface area contributed by atoms with E-state index in [9.17, 15) is 9.59 Å². The third kappa shape index (κ3) is 3.98. The van der Waals surface area contributed by atoms with Gasteiger partial charge in [-0.1, -0.05) is 6.07 Å². The molecule has 1 aromatic carbocycles. The molecule has 120 valence electrons. The third-order valence-electron chi connectivity index (χ3n) is 3.45. The molecule has 0 aliphatic carbocycles. The van der Waals surface area contributed by atoms with Crippen LogP contribution in [0.3, 0.4) is 0 Å². The highest BCUT2D eigenvalue weighted by atomic mass is 16.5. The number of methoxy groups -OCH3 is 1. The molecule has 0 spiro atoms. The Bertz CT molecular complexity index is 558. The number of benzene rings is 1. The van der Waals surface area contributed by atoms with Crippen molar-refractivity contribution in [1.29, 1.82) is 0 Å². The van der Waals surface area contributed by atoms with Crippen molar-refractivity contribution >= 4 is 23.3 Å². The van der Waals surface area contributed by atoms with E-state index in [1.165, 1.54) is 7.11 Å². The molecule has 0 atom stereocenters. The van der Waals surface area contributed by atoms with Crippen molar-refractivity contribution in [3.8, 4) is 0 Å². The highest BCUT2D eigenvalue weighted by Gasteiger charge is 2.22. The van der Waals surface area contributed by atoms with E-state index in [4.69, 9.17) is 4.74 Å². The molecule has 0 bridgehead atoms. The van der Waals surface area contributed by atoms with Crippen molar-refractivity contribution in [2.24, 2.45) is 0 Å². The van der Waals surface area contributed by atoms with E-state index < -0.39 is 0 Å². The molecule has 3 amide bonds. The van der Waals surface area contributed by atoms with Crippen molar-refractivity contribution in [2.45, 2.75) is 32.7 Å². The number of anilines is 2. The zero-order valence-corrected chi connectivity index (χ0v) is 13.3. The Labute approximate surface area is 130 Å². The van der Waals surface area contributed by atoms with E-state index >= 15 is 0 Å². The van der Waals surface area contributed by atoms with Crippen molar-refractivity contribution in [1.82, 2.24) is 5.32 Å². The predicted octanol–water partition coefficient (Wildman–Crippen LogP) is 2.14. The van der Waals surface area contributed by atoms with Gasteiger partial charge in [0.25, 0.3) is 5.91 Å². The number of carbonyl (C=O) groups is 2. The number of amides is 3. The topological polar surface area (TPSA) is 70.7 Å².